The summed E-state index contributed by atoms with van der Waals surface area (Å²) in [6.07, 6.45) is 0.750. The number of amides is 1. The Balaban J connectivity index is 1.70. The molecule has 0 radical (unpaired) electrons. The molecular formula is C25H22ClN3O4S. The van der Waals surface area contributed by atoms with Crippen LogP contribution in [-0.4, -0.2) is 22.7 Å². The number of benzene rings is 2. The Hall–Kier alpha value is -3.23. The van der Waals surface area contributed by atoms with Crippen LogP contribution in [0.25, 0.3) is 11.0 Å². The van der Waals surface area contributed by atoms with Gasteiger partial charge in [-0.2, -0.15) is 0 Å². The van der Waals surface area contributed by atoms with Crippen molar-refractivity contribution in [3.05, 3.63) is 79.6 Å². The average Bonchev–Trinajstić information content (AvgIpc) is 3.37. The number of halogens is 1. The second-order valence-electron chi connectivity index (χ2n) is 8.47. The number of aromatic nitrogens is 2. The smallest absolute Gasteiger partial charge is 0.297 e. The molecule has 0 N–H and O–H groups in total. The largest absolute Gasteiger partial charge is 0.494 e. The van der Waals surface area contributed by atoms with Gasteiger partial charge in [-0.05, 0) is 48.7 Å². The fourth-order valence-corrected chi connectivity index (χ4v) is 5.39. The van der Waals surface area contributed by atoms with Crippen LogP contribution in [0.5, 0.6) is 5.75 Å². The van der Waals surface area contributed by atoms with Crippen molar-refractivity contribution >= 4 is 44.9 Å². The lowest BCUT2D eigenvalue weighted by molar-refractivity contribution is 0.0970. The van der Waals surface area contributed by atoms with Gasteiger partial charge in [-0.15, -0.1) is 10.2 Å². The first kappa shape index (κ1) is 22.6. The quantitative estimate of drug-likeness (QED) is 0.344. The highest BCUT2D eigenvalue weighted by Gasteiger charge is 2.45. The van der Waals surface area contributed by atoms with Gasteiger partial charge in [-0.3, -0.25) is 14.5 Å². The van der Waals surface area contributed by atoms with Gasteiger partial charge in [0.1, 0.15) is 16.3 Å². The summed E-state index contributed by atoms with van der Waals surface area (Å²) in [6, 6.07) is 11.4. The SMILES string of the molecule is CCOc1ccc(C2c3c(oc4ccc(Cl)cc4c3=O)C(=O)N2c2nnc(CC(C)C)s2)cc1. The zero-order valence-corrected chi connectivity index (χ0v) is 20.4. The Kier molecular flexibility index (Phi) is 5.87. The van der Waals surface area contributed by atoms with Gasteiger partial charge in [0.15, 0.2) is 5.43 Å². The van der Waals surface area contributed by atoms with Crippen LogP contribution in [0.1, 0.15) is 53.5 Å². The van der Waals surface area contributed by atoms with Gasteiger partial charge in [0.25, 0.3) is 5.91 Å². The monoisotopic (exact) mass is 495 g/mol. The second-order valence-corrected chi connectivity index (χ2v) is 9.95. The van der Waals surface area contributed by atoms with Crippen molar-refractivity contribution in [2.75, 3.05) is 11.5 Å². The predicted molar refractivity (Wildman–Crippen MR) is 132 cm³/mol. The molecule has 9 heteroatoms. The second kappa shape index (κ2) is 8.85. The van der Waals surface area contributed by atoms with Crippen molar-refractivity contribution in [1.82, 2.24) is 10.2 Å². The van der Waals surface area contributed by atoms with E-state index in [4.69, 9.17) is 20.8 Å². The molecule has 0 aliphatic carbocycles. The zero-order valence-electron chi connectivity index (χ0n) is 18.9. The van der Waals surface area contributed by atoms with Gasteiger partial charge in [-0.25, -0.2) is 0 Å². The maximum absolute atomic E-state index is 13.6. The molecule has 0 saturated heterocycles. The molecule has 0 bridgehead atoms. The van der Waals surface area contributed by atoms with E-state index < -0.39 is 11.9 Å². The van der Waals surface area contributed by atoms with Gasteiger partial charge in [0, 0.05) is 11.4 Å². The number of carbonyl (C=O) groups excluding carboxylic acids is 1. The highest BCUT2D eigenvalue weighted by molar-refractivity contribution is 7.15. The predicted octanol–water partition coefficient (Wildman–Crippen LogP) is 5.64. The van der Waals surface area contributed by atoms with E-state index in [1.165, 1.54) is 16.2 Å². The molecule has 1 atom stereocenters. The number of nitrogens with zero attached hydrogens (tertiary/aromatic N) is 3. The fourth-order valence-electron chi connectivity index (χ4n) is 4.14. The minimum atomic E-state index is -0.711. The number of carbonyl (C=O) groups is 1. The van der Waals surface area contributed by atoms with Crippen LogP contribution in [0.15, 0.2) is 51.7 Å². The topological polar surface area (TPSA) is 85.5 Å². The van der Waals surface area contributed by atoms with Gasteiger partial charge in [-0.1, -0.05) is 48.9 Å². The van der Waals surface area contributed by atoms with Crippen LogP contribution in [0.3, 0.4) is 0 Å². The van der Waals surface area contributed by atoms with Gasteiger partial charge in [0.2, 0.25) is 10.9 Å². The number of hydrogen-bond donors (Lipinski definition) is 0. The molecule has 174 valence electrons. The molecular weight excluding hydrogens is 474 g/mol. The first-order chi connectivity index (χ1) is 16.4. The third-order valence-corrected chi connectivity index (χ3v) is 6.76. The number of anilines is 1. The third kappa shape index (κ3) is 3.86. The van der Waals surface area contributed by atoms with Crippen molar-refractivity contribution in [2.45, 2.75) is 33.2 Å². The van der Waals surface area contributed by atoms with Crippen molar-refractivity contribution in [2.24, 2.45) is 5.92 Å². The minimum absolute atomic E-state index is 0.0133. The lowest BCUT2D eigenvalue weighted by Crippen LogP contribution is -2.29. The Bertz CT molecular complexity index is 1450. The average molecular weight is 496 g/mol. The van der Waals surface area contributed by atoms with Crippen molar-refractivity contribution in [3.63, 3.8) is 0 Å². The summed E-state index contributed by atoms with van der Waals surface area (Å²) in [5, 5.41) is 10.6. The maximum atomic E-state index is 13.6. The van der Waals surface area contributed by atoms with Gasteiger partial charge >= 0.3 is 0 Å². The van der Waals surface area contributed by atoms with E-state index >= 15 is 0 Å². The zero-order chi connectivity index (χ0) is 24.0. The molecule has 0 saturated carbocycles. The molecule has 7 nitrogen and oxygen atoms in total. The summed E-state index contributed by atoms with van der Waals surface area (Å²) < 4.78 is 11.5. The van der Waals surface area contributed by atoms with E-state index in [9.17, 15) is 9.59 Å². The number of ether oxygens (including phenoxy) is 1. The van der Waals surface area contributed by atoms with E-state index in [0.717, 1.165) is 17.0 Å². The van der Waals surface area contributed by atoms with Crippen LogP contribution in [0.4, 0.5) is 5.13 Å². The van der Waals surface area contributed by atoms with E-state index in [-0.39, 0.29) is 16.8 Å². The van der Waals surface area contributed by atoms with E-state index in [1.54, 1.807) is 18.2 Å². The molecule has 34 heavy (non-hydrogen) atoms. The van der Waals surface area contributed by atoms with E-state index in [1.807, 2.05) is 31.2 Å². The normalized spacial score (nSPS) is 15.4. The minimum Gasteiger partial charge on any atom is -0.494 e. The maximum Gasteiger partial charge on any atom is 0.297 e. The van der Waals surface area contributed by atoms with Crippen LogP contribution < -0.4 is 15.1 Å². The Morgan fingerprint density at radius 1 is 1.15 bits per heavy atom. The highest BCUT2D eigenvalue weighted by atomic mass is 35.5. The van der Waals surface area contributed by atoms with Crippen molar-refractivity contribution < 1.29 is 13.9 Å². The number of hydrogen-bond acceptors (Lipinski definition) is 7. The molecule has 3 heterocycles. The Morgan fingerprint density at radius 3 is 2.62 bits per heavy atom. The lowest BCUT2D eigenvalue weighted by Gasteiger charge is -2.22. The van der Waals surface area contributed by atoms with Crippen molar-refractivity contribution in [1.29, 1.82) is 0 Å². The van der Waals surface area contributed by atoms with Gasteiger partial charge < -0.3 is 9.15 Å². The molecule has 1 aliphatic rings. The summed E-state index contributed by atoms with van der Waals surface area (Å²) in [5.41, 5.74) is 1.03. The summed E-state index contributed by atoms with van der Waals surface area (Å²) in [5.74, 6) is 0.691. The third-order valence-electron chi connectivity index (χ3n) is 5.58. The summed E-state index contributed by atoms with van der Waals surface area (Å²) in [7, 11) is 0. The molecule has 1 aliphatic heterocycles. The lowest BCUT2D eigenvalue weighted by atomic mass is 9.98. The molecule has 0 fully saturated rings. The molecule has 1 amide bonds. The molecule has 1 unspecified atom stereocenters. The molecule has 5 rings (SSSR count). The first-order valence-electron chi connectivity index (χ1n) is 11.0. The summed E-state index contributed by atoms with van der Waals surface area (Å²) in [4.78, 5) is 28.8. The fraction of sp³-hybridized carbons (Fsp3) is 0.280. The first-order valence-corrected chi connectivity index (χ1v) is 12.2. The summed E-state index contributed by atoms with van der Waals surface area (Å²) >= 11 is 7.50. The molecule has 4 aromatic rings. The standard InChI is InChI=1S/C25H22ClN3O4S/c1-4-32-16-8-5-14(6-9-16)21-20-22(30)17-12-15(26)7-10-18(17)33-23(20)24(31)29(21)25-28-27-19(34-25)11-13(2)3/h5-10,12-13,21H,4,11H2,1-3H3. The molecule has 2 aromatic carbocycles. The van der Waals surface area contributed by atoms with Crippen LogP contribution >= 0.6 is 22.9 Å². The molecule has 2 aromatic heterocycles. The van der Waals surface area contributed by atoms with Crippen LogP contribution in [-0.2, 0) is 6.42 Å². The van der Waals surface area contributed by atoms with E-state index in [0.29, 0.717) is 39.4 Å². The van der Waals surface area contributed by atoms with Gasteiger partial charge in [0.05, 0.1) is 23.6 Å². The van der Waals surface area contributed by atoms with Crippen LogP contribution in [0, 0.1) is 5.92 Å². The Labute approximate surface area is 204 Å². The number of rotatable bonds is 6. The van der Waals surface area contributed by atoms with E-state index in [2.05, 4.69) is 24.0 Å². The Morgan fingerprint density at radius 2 is 1.91 bits per heavy atom. The summed E-state index contributed by atoms with van der Waals surface area (Å²) in [6.45, 7) is 6.64. The number of fused-ring (bicyclic) bond motifs is 2. The van der Waals surface area contributed by atoms with Crippen LogP contribution in [0.2, 0.25) is 5.02 Å². The van der Waals surface area contributed by atoms with Crippen molar-refractivity contribution in [3.8, 4) is 5.75 Å². The highest BCUT2D eigenvalue weighted by Crippen LogP contribution is 2.42. The molecule has 0 spiro atoms.